The third-order valence-electron chi connectivity index (χ3n) is 1.52. The van der Waals surface area contributed by atoms with Crippen LogP contribution in [0.25, 0.3) is 0 Å². The van der Waals surface area contributed by atoms with Crippen molar-refractivity contribution in [2.45, 2.75) is 40.2 Å². The molecule has 0 aliphatic heterocycles. The summed E-state index contributed by atoms with van der Waals surface area (Å²) in [6.07, 6.45) is -0.321. The molecule has 0 radical (unpaired) electrons. The van der Waals surface area contributed by atoms with Gasteiger partial charge in [-0.05, 0) is 26.7 Å². The van der Waals surface area contributed by atoms with Crippen LogP contribution in [0.2, 0.25) is 0 Å². The van der Waals surface area contributed by atoms with Crippen molar-refractivity contribution in [1.82, 2.24) is 4.90 Å². The first-order valence-electron chi connectivity index (χ1n) is 5.23. The number of nitrogens with zero attached hydrogens (tertiary/aromatic N) is 1. The molecule has 0 saturated heterocycles. The molecule has 0 unspecified atom stereocenters. The lowest BCUT2D eigenvalue weighted by atomic mass is 10.2. The predicted molar refractivity (Wildman–Crippen MR) is 59.7 cm³/mol. The molecule has 0 bridgehead atoms. The number of hydrogen-bond donors (Lipinski definition) is 0. The molecule has 0 rings (SSSR count). The van der Waals surface area contributed by atoms with Crippen molar-refractivity contribution >= 4 is 6.09 Å². The lowest BCUT2D eigenvalue weighted by Crippen LogP contribution is -2.39. The first-order chi connectivity index (χ1) is 6.76. The lowest BCUT2D eigenvalue weighted by Gasteiger charge is -2.27. The molecule has 0 aromatic heterocycles. The van der Waals surface area contributed by atoms with Gasteiger partial charge in [0.2, 0.25) is 0 Å². The molecule has 4 heteroatoms. The zero-order chi connectivity index (χ0) is 12.1. The molecule has 0 saturated carbocycles. The first kappa shape index (κ1) is 14.2. The number of ether oxygens (including phenoxy) is 2. The molecule has 0 aromatic carbocycles. The van der Waals surface area contributed by atoms with E-state index < -0.39 is 5.60 Å². The summed E-state index contributed by atoms with van der Waals surface area (Å²) in [6.45, 7) is 10.6. The van der Waals surface area contributed by atoms with E-state index in [4.69, 9.17) is 9.47 Å². The fourth-order valence-corrected chi connectivity index (χ4v) is 1.10. The maximum absolute atomic E-state index is 11.7. The van der Waals surface area contributed by atoms with Gasteiger partial charge in [0.15, 0.2) is 0 Å². The Morgan fingerprint density at radius 2 is 1.87 bits per heavy atom. The van der Waals surface area contributed by atoms with E-state index in [0.29, 0.717) is 12.5 Å². The number of carbonyl (C=O) groups is 1. The van der Waals surface area contributed by atoms with Gasteiger partial charge >= 0.3 is 6.09 Å². The number of methoxy groups -OCH3 is 1. The third-order valence-corrected chi connectivity index (χ3v) is 1.52. The summed E-state index contributed by atoms with van der Waals surface area (Å²) in [7, 11) is 1.57. The van der Waals surface area contributed by atoms with Crippen LogP contribution >= 0.6 is 0 Å². The number of amides is 1. The van der Waals surface area contributed by atoms with Gasteiger partial charge in [0, 0.05) is 13.7 Å². The summed E-state index contributed by atoms with van der Waals surface area (Å²) in [5.41, 5.74) is -0.458. The van der Waals surface area contributed by atoms with Gasteiger partial charge in [-0.2, -0.15) is 0 Å². The highest BCUT2D eigenvalue weighted by molar-refractivity contribution is 5.67. The Bertz CT molecular complexity index is 196. The van der Waals surface area contributed by atoms with Crippen LogP contribution in [-0.4, -0.2) is 37.0 Å². The van der Waals surface area contributed by atoms with Crippen LogP contribution < -0.4 is 0 Å². The SMILES string of the molecule is COCN(CC(C)C)C(=O)OC(C)(C)C. The average molecular weight is 217 g/mol. The summed E-state index contributed by atoms with van der Waals surface area (Å²) < 4.78 is 10.2. The van der Waals surface area contributed by atoms with Gasteiger partial charge in [0.05, 0.1) is 0 Å². The zero-order valence-corrected chi connectivity index (χ0v) is 10.7. The highest BCUT2D eigenvalue weighted by atomic mass is 16.6. The van der Waals surface area contributed by atoms with Crippen molar-refractivity contribution in [2.75, 3.05) is 20.4 Å². The van der Waals surface area contributed by atoms with Crippen LogP contribution in [0.1, 0.15) is 34.6 Å². The van der Waals surface area contributed by atoms with E-state index >= 15 is 0 Å². The number of carbonyl (C=O) groups excluding carboxylic acids is 1. The van der Waals surface area contributed by atoms with Crippen LogP contribution in [0.4, 0.5) is 4.79 Å². The van der Waals surface area contributed by atoms with Crippen molar-refractivity contribution in [3.63, 3.8) is 0 Å². The van der Waals surface area contributed by atoms with Gasteiger partial charge in [-0.3, -0.25) is 4.90 Å². The maximum Gasteiger partial charge on any atom is 0.412 e. The topological polar surface area (TPSA) is 38.8 Å². The largest absolute Gasteiger partial charge is 0.444 e. The molecular formula is C11H23NO3. The average Bonchev–Trinajstić information content (AvgIpc) is 1.99. The van der Waals surface area contributed by atoms with Crippen molar-refractivity contribution in [3.05, 3.63) is 0 Å². The molecule has 90 valence electrons. The molecular weight excluding hydrogens is 194 g/mol. The highest BCUT2D eigenvalue weighted by Gasteiger charge is 2.22. The Morgan fingerprint density at radius 1 is 1.33 bits per heavy atom. The second-order valence-corrected chi connectivity index (χ2v) is 5.01. The van der Waals surface area contributed by atoms with Crippen molar-refractivity contribution in [2.24, 2.45) is 5.92 Å². The van der Waals surface area contributed by atoms with Crippen LogP contribution in [0.3, 0.4) is 0 Å². The lowest BCUT2D eigenvalue weighted by molar-refractivity contribution is -0.00606. The Hall–Kier alpha value is -0.770. The van der Waals surface area contributed by atoms with Gasteiger partial charge < -0.3 is 9.47 Å². The monoisotopic (exact) mass is 217 g/mol. The summed E-state index contributed by atoms with van der Waals surface area (Å²) in [6, 6.07) is 0. The predicted octanol–water partition coefficient (Wildman–Crippen LogP) is 2.48. The molecule has 1 amide bonds. The van der Waals surface area contributed by atoms with E-state index in [2.05, 4.69) is 0 Å². The van der Waals surface area contributed by atoms with Crippen LogP contribution in [0.5, 0.6) is 0 Å². The van der Waals surface area contributed by atoms with Crippen molar-refractivity contribution in [3.8, 4) is 0 Å². The summed E-state index contributed by atoms with van der Waals surface area (Å²) in [5, 5.41) is 0. The normalized spacial score (nSPS) is 11.7. The van der Waals surface area contributed by atoms with E-state index in [0.717, 1.165) is 0 Å². The van der Waals surface area contributed by atoms with Crippen LogP contribution in [0.15, 0.2) is 0 Å². The molecule has 4 nitrogen and oxygen atoms in total. The van der Waals surface area contributed by atoms with Crippen molar-refractivity contribution in [1.29, 1.82) is 0 Å². The van der Waals surface area contributed by atoms with Gasteiger partial charge in [0.25, 0.3) is 0 Å². The summed E-state index contributed by atoms with van der Waals surface area (Å²) >= 11 is 0. The molecule has 0 spiro atoms. The van der Waals surface area contributed by atoms with E-state index in [1.807, 2.05) is 34.6 Å². The van der Waals surface area contributed by atoms with E-state index in [1.54, 1.807) is 12.0 Å². The number of rotatable bonds is 4. The molecule has 15 heavy (non-hydrogen) atoms. The quantitative estimate of drug-likeness (QED) is 0.679. The number of hydrogen-bond acceptors (Lipinski definition) is 3. The third kappa shape index (κ3) is 7.19. The Morgan fingerprint density at radius 3 is 2.20 bits per heavy atom. The molecule has 0 heterocycles. The minimum absolute atomic E-state index is 0.271. The Kier molecular flexibility index (Phi) is 5.65. The minimum Gasteiger partial charge on any atom is -0.444 e. The molecule has 0 atom stereocenters. The second kappa shape index (κ2) is 5.95. The van der Waals surface area contributed by atoms with Crippen molar-refractivity contribution < 1.29 is 14.3 Å². The van der Waals surface area contributed by atoms with Gasteiger partial charge in [0.1, 0.15) is 12.3 Å². The fraction of sp³-hybridized carbons (Fsp3) is 0.909. The molecule has 0 aliphatic carbocycles. The Balaban J connectivity index is 4.28. The summed E-state index contributed by atoms with van der Waals surface area (Å²) in [5.74, 6) is 0.396. The second-order valence-electron chi connectivity index (χ2n) is 5.01. The summed E-state index contributed by atoms with van der Waals surface area (Å²) in [4.78, 5) is 13.3. The fourth-order valence-electron chi connectivity index (χ4n) is 1.10. The Labute approximate surface area is 92.5 Å². The highest BCUT2D eigenvalue weighted by Crippen LogP contribution is 2.11. The molecule has 0 fully saturated rings. The van der Waals surface area contributed by atoms with Gasteiger partial charge in [-0.1, -0.05) is 13.8 Å². The standard InChI is InChI=1S/C11H23NO3/c1-9(2)7-12(8-14-6)10(13)15-11(3,4)5/h9H,7-8H2,1-6H3. The zero-order valence-electron chi connectivity index (χ0n) is 10.7. The van der Waals surface area contributed by atoms with E-state index in [1.165, 1.54) is 0 Å². The molecule has 0 aliphatic rings. The maximum atomic E-state index is 11.7. The smallest absolute Gasteiger partial charge is 0.412 e. The minimum atomic E-state index is -0.458. The van der Waals surface area contributed by atoms with Gasteiger partial charge in [-0.15, -0.1) is 0 Å². The molecule has 0 aromatic rings. The molecule has 0 N–H and O–H groups in total. The van der Waals surface area contributed by atoms with E-state index in [9.17, 15) is 4.79 Å². The van der Waals surface area contributed by atoms with Gasteiger partial charge in [-0.25, -0.2) is 4.79 Å². The van der Waals surface area contributed by atoms with Crippen LogP contribution in [0, 0.1) is 5.92 Å². The van der Waals surface area contributed by atoms with E-state index in [-0.39, 0.29) is 12.8 Å². The van der Waals surface area contributed by atoms with Crippen LogP contribution in [-0.2, 0) is 9.47 Å². The first-order valence-corrected chi connectivity index (χ1v) is 5.23.